The smallest absolute Gasteiger partial charge is 0.242 e. The number of methoxy groups -OCH3 is 1. The number of hydrogen-bond acceptors (Lipinski definition) is 4. The molecule has 2 aromatic carbocycles. The molecule has 1 aliphatic rings. The summed E-state index contributed by atoms with van der Waals surface area (Å²) in [5, 5.41) is 2.81. The Balaban J connectivity index is 1.52. The lowest BCUT2D eigenvalue weighted by Crippen LogP contribution is -2.50. The van der Waals surface area contributed by atoms with E-state index in [1.165, 1.54) is 0 Å². The number of rotatable bonds is 7. The highest BCUT2D eigenvalue weighted by atomic mass is 16.5. The van der Waals surface area contributed by atoms with Crippen molar-refractivity contribution < 1.29 is 19.1 Å². The van der Waals surface area contributed by atoms with Crippen LogP contribution in [-0.2, 0) is 16.0 Å². The van der Waals surface area contributed by atoms with Crippen molar-refractivity contribution in [2.24, 2.45) is 5.41 Å². The molecule has 6 nitrogen and oxygen atoms in total. The fraction of sp³-hybridized carbons (Fsp3) is 0.364. The molecule has 0 saturated heterocycles. The summed E-state index contributed by atoms with van der Waals surface area (Å²) in [5.41, 5.74) is 0.883. The van der Waals surface area contributed by atoms with Crippen molar-refractivity contribution >= 4 is 17.5 Å². The van der Waals surface area contributed by atoms with Gasteiger partial charge in [-0.25, -0.2) is 0 Å². The number of hydrogen-bond donors (Lipinski definition) is 1. The van der Waals surface area contributed by atoms with E-state index in [9.17, 15) is 9.59 Å². The van der Waals surface area contributed by atoms with Gasteiger partial charge in [0, 0.05) is 12.2 Å². The van der Waals surface area contributed by atoms with E-state index < -0.39 is 5.41 Å². The number of amides is 2. The third kappa shape index (κ3) is 4.11. The summed E-state index contributed by atoms with van der Waals surface area (Å²) in [7, 11) is 1.61. The molecule has 1 N–H and O–H groups in total. The van der Waals surface area contributed by atoms with Crippen LogP contribution in [0.3, 0.4) is 0 Å². The van der Waals surface area contributed by atoms with E-state index in [2.05, 4.69) is 5.32 Å². The van der Waals surface area contributed by atoms with Crippen molar-refractivity contribution in [2.75, 3.05) is 31.7 Å². The highest BCUT2D eigenvalue weighted by Crippen LogP contribution is 2.31. The Morgan fingerprint density at radius 3 is 2.46 bits per heavy atom. The van der Waals surface area contributed by atoms with E-state index >= 15 is 0 Å². The van der Waals surface area contributed by atoms with Gasteiger partial charge in [-0.3, -0.25) is 9.59 Å². The van der Waals surface area contributed by atoms with Crippen LogP contribution in [0.5, 0.6) is 11.5 Å². The molecule has 2 aromatic rings. The predicted molar refractivity (Wildman–Crippen MR) is 108 cm³/mol. The molecular weight excluding hydrogens is 356 g/mol. The average molecular weight is 382 g/mol. The molecule has 3 rings (SSSR count). The van der Waals surface area contributed by atoms with Gasteiger partial charge in [-0.2, -0.15) is 0 Å². The van der Waals surface area contributed by atoms with Crippen LogP contribution in [0.1, 0.15) is 19.4 Å². The van der Waals surface area contributed by atoms with Crippen molar-refractivity contribution in [3.63, 3.8) is 0 Å². The number of carbonyl (C=O) groups is 2. The Morgan fingerprint density at radius 1 is 1.07 bits per heavy atom. The first-order valence-electron chi connectivity index (χ1n) is 9.38. The maximum absolute atomic E-state index is 13.0. The summed E-state index contributed by atoms with van der Waals surface area (Å²) in [5.74, 6) is 0.953. The van der Waals surface area contributed by atoms with Gasteiger partial charge in [-0.15, -0.1) is 0 Å². The molecule has 1 aliphatic heterocycles. The number of nitrogens with zero attached hydrogens (tertiary/aromatic N) is 1. The largest absolute Gasteiger partial charge is 0.497 e. The average Bonchev–Trinajstić information content (AvgIpc) is 3.14. The van der Waals surface area contributed by atoms with Crippen LogP contribution in [0.25, 0.3) is 0 Å². The lowest BCUT2D eigenvalue weighted by Gasteiger charge is -2.28. The molecule has 28 heavy (non-hydrogen) atoms. The summed E-state index contributed by atoms with van der Waals surface area (Å²) >= 11 is 0. The van der Waals surface area contributed by atoms with E-state index in [0.717, 1.165) is 23.4 Å². The minimum absolute atomic E-state index is 0.189. The Kier molecular flexibility index (Phi) is 5.87. The normalized spacial score (nSPS) is 13.0. The first kappa shape index (κ1) is 19.7. The van der Waals surface area contributed by atoms with Crippen molar-refractivity contribution in [3.05, 3.63) is 54.1 Å². The van der Waals surface area contributed by atoms with Gasteiger partial charge in [-0.1, -0.05) is 18.2 Å². The Labute approximate surface area is 165 Å². The second kappa shape index (κ2) is 8.33. The summed E-state index contributed by atoms with van der Waals surface area (Å²) < 4.78 is 10.7. The summed E-state index contributed by atoms with van der Waals surface area (Å²) in [4.78, 5) is 27.4. The maximum atomic E-state index is 13.0. The summed E-state index contributed by atoms with van der Waals surface area (Å²) in [6.45, 7) is 4.56. The van der Waals surface area contributed by atoms with Crippen LogP contribution in [0.15, 0.2) is 48.5 Å². The zero-order chi connectivity index (χ0) is 20.1. The number of nitrogens with one attached hydrogen (secondary N) is 1. The number of anilines is 1. The van der Waals surface area contributed by atoms with Crippen molar-refractivity contribution in [3.8, 4) is 11.5 Å². The molecule has 2 amide bonds. The van der Waals surface area contributed by atoms with Crippen molar-refractivity contribution in [2.45, 2.75) is 20.3 Å². The molecule has 0 aliphatic carbocycles. The fourth-order valence-electron chi connectivity index (χ4n) is 3.21. The molecule has 0 bridgehead atoms. The minimum Gasteiger partial charge on any atom is -0.497 e. The molecule has 0 atom stereocenters. The lowest BCUT2D eigenvalue weighted by molar-refractivity contribution is -0.139. The number of carbonyl (C=O) groups excluding carboxylic acids is 2. The van der Waals surface area contributed by atoms with Gasteiger partial charge in [-0.05, 0) is 56.2 Å². The van der Waals surface area contributed by atoms with Crippen molar-refractivity contribution in [1.29, 1.82) is 0 Å². The van der Waals surface area contributed by atoms with Gasteiger partial charge in [0.05, 0.1) is 13.7 Å². The molecule has 148 valence electrons. The molecule has 0 spiro atoms. The summed E-state index contributed by atoms with van der Waals surface area (Å²) in [6, 6.07) is 15.1. The third-order valence-electron chi connectivity index (χ3n) is 4.95. The third-order valence-corrected chi connectivity index (χ3v) is 4.95. The number of ether oxygens (including phenoxy) is 2. The molecule has 0 radical (unpaired) electrons. The standard InChI is InChI=1S/C22H26N2O4/c1-22(2,21(26)24-14-12-16-6-4-5-7-19(16)24)20(25)23-13-15-28-18-10-8-17(27-3)9-11-18/h4-11H,12-15H2,1-3H3,(H,23,25). The van der Waals surface area contributed by atoms with Gasteiger partial charge in [0.1, 0.15) is 23.5 Å². The SMILES string of the molecule is COc1ccc(OCCNC(=O)C(C)(C)C(=O)N2CCc3ccccc32)cc1. The molecule has 0 saturated carbocycles. The fourth-order valence-corrected chi connectivity index (χ4v) is 3.21. The summed E-state index contributed by atoms with van der Waals surface area (Å²) in [6.07, 6.45) is 0.815. The zero-order valence-electron chi connectivity index (χ0n) is 16.5. The van der Waals surface area contributed by atoms with Crippen molar-refractivity contribution in [1.82, 2.24) is 5.32 Å². The van der Waals surface area contributed by atoms with Gasteiger partial charge >= 0.3 is 0 Å². The van der Waals surface area contributed by atoms with Gasteiger partial charge in [0.2, 0.25) is 11.8 Å². The van der Waals surface area contributed by atoms with Gasteiger partial charge < -0.3 is 19.7 Å². The topological polar surface area (TPSA) is 67.9 Å². The lowest BCUT2D eigenvalue weighted by atomic mass is 9.90. The Hall–Kier alpha value is -3.02. The van der Waals surface area contributed by atoms with Gasteiger partial charge in [0.15, 0.2) is 0 Å². The monoisotopic (exact) mass is 382 g/mol. The molecule has 1 heterocycles. The highest BCUT2D eigenvalue weighted by molar-refractivity contribution is 6.11. The quantitative estimate of drug-likeness (QED) is 0.591. The highest BCUT2D eigenvalue weighted by Gasteiger charge is 2.41. The number of fused-ring (bicyclic) bond motifs is 1. The van der Waals surface area contributed by atoms with E-state index in [0.29, 0.717) is 25.4 Å². The zero-order valence-corrected chi connectivity index (χ0v) is 16.5. The van der Waals surface area contributed by atoms with Crippen LogP contribution in [0.2, 0.25) is 0 Å². The van der Waals surface area contributed by atoms with Crippen LogP contribution in [0, 0.1) is 5.41 Å². The first-order valence-corrected chi connectivity index (χ1v) is 9.38. The van der Waals surface area contributed by atoms with Gasteiger partial charge in [0.25, 0.3) is 0 Å². The van der Waals surface area contributed by atoms with E-state index in [1.807, 2.05) is 36.4 Å². The van der Waals surface area contributed by atoms with Crippen LogP contribution >= 0.6 is 0 Å². The molecule has 6 heteroatoms. The number of benzene rings is 2. The van der Waals surface area contributed by atoms with E-state index in [4.69, 9.17) is 9.47 Å². The second-order valence-electron chi connectivity index (χ2n) is 7.24. The number of para-hydroxylation sites is 1. The molecular formula is C22H26N2O4. The Morgan fingerprint density at radius 2 is 1.75 bits per heavy atom. The molecule has 0 aromatic heterocycles. The first-order chi connectivity index (χ1) is 13.4. The molecule has 0 unspecified atom stereocenters. The van der Waals surface area contributed by atoms with Crippen LogP contribution < -0.4 is 19.7 Å². The van der Waals surface area contributed by atoms with E-state index in [1.54, 1.807) is 38.0 Å². The maximum Gasteiger partial charge on any atom is 0.242 e. The van der Waals surface area contributed by atoms with E-state index in [-0.39, 0.29) is 11.8 Å². The van der Waals surface area contributed by atoms with Crippen LogP contribution in [0.4, 0.5) is 5.69 Å². The van der Waals surface area contributed by atoms with Crippen LogP contribution in [-0.4, -0.2) is 38.6 Å². The Bertz CT molecular complexity index is 846. The molecule has 0 fully saturated rings. The predicted octanol–water partition coefficient (Wildman–Crippen LogP) is 2.81. The second-order valence-corrected chi connectivity index (χ2v) is 7.24. The minimum atomic E-state index is -1.16.